The number of aryl methyl sites for hydroxylation is 1. The van der Waals surface area contributed by atoms with Crippen molar-refractivity contribution >= 4 is 5.97 Å². The van der Waals surface area contributed by atoms with E-state index in [-0.39, 0.29) is 17.2 Å². The number of aromatic nitrogens is 1. The van der Waals surface area contributed by atoms with E-state index in [9.17, 15) is 9.59 Å². The average Bonchev–Trinajstić information content (AvgIpc) is 2.15. The van der Waals surface area contributed by atoms with Gasteiger partial charge in [0.1, 0.15) is 11.6 Å². The van der Waals surface area contributed by atoms with Gasteiger partial charge in [-0.1, -0.05) is 0 Å². The van der Waals surface area contributed by atoms with E-state index in [1.54, 1.807) is 26.8 Å². The van der Waals surface area contributed by atoms with Crippen LogP contribution in [0.2, 0.25) is 0 Å². The van der Waals surface area contributed by atoms with Crippen LogP contribution in [0, 0.1) is 18.3 Å². The third kappa shape index (κ3) is 2.48. The zero-order valence-corrected chi connectivity index (χ0v) is 9.33. The van der Waals surface area contributed by atoms with Crippen molar-refractivity contribution in [3.63, 3.8) is 0 Å². The van der Waals surface area contributed by atoms with Gasteiger partial charge in [0.25, 0.3) is 5.56 Å². The number of esters is 1. The molecule has 0 fully saturated rings. The highest BCUT2D eigenvalue weighted by molar-refractivity contribution is 5.92. The van der Waals surface area contributed by atoms with Crippen molar-refractivity contribution in [3.8, 4) is 6.07 Å². The summed E-state index contributed by atoms with van der Waals surface area (Å²) < 4.78 is 4.95. The Morgan fingerprint density at radius 1 is 1.56 bits per heavy atom. The number of ether oxygens (including phenoxy) is 1. The first-order chi connectivity index (χ1) is 7.45. The van der Waals surface area contributed by atoms with Crippen molar-refractivity contribution < 1.29 is 9.53 Å². The topological polar surface area (TPSA) is 82.9 Å². The lowest BCUT2D eigenvalue weighted by Crippen LogP contribution is -2.20. The SMILES string of the molecule is Cc1cc(C(=O)OC(C)C)c(C#N)c(=O)[nH]1. The Balaban J connectivity index is 3.28. The molecule has 0 saturated carbocycles. The van der Waals surface area contributed by atoms with Crippen molar-refractivity contribution in [1.29, 1.82) is 5.26 Å². The molecule has 0 aliphatic heterocycles. The van der Waals surface area contributed by atoms with Crippen molar-refractivity contribution in [1.82, 2.24) is 4.98 Å². The monoisotopic (exact) mass is 220 g/mol. The Hall–Kier alpha value is -2.09. The standard InChI is InChI=1S/C11H12N2O3/c1-6(2)16-11(15)8-4-7(3)13-10(14)9(8)5-12/h4,6H,1-3H3,(H,13,14). The summed E-state index contributed by atoms with van der Waals surface area (Å²) in [5, 5.41) is 8.80. The molecule has 16 heavy (non-hydrogen) atoms. The minimum absolute atomic E-state index is 0.0115. The third-order valence-electron chi connectivity index (χ3n) is 1.84. The molecular formula is C11H12N2O3. The van der Waals surface area contributed by atoms with E-state index in [1.807, 2.05) is 0 Å². The summed E-state index contributed by atoms with van der Waals surface area (Å²) in [4.78, 5) is 25.5. The molecule has 0 radical (unpaired) electrons. The highest BCUT2D eigenvalue weighted by Gasteiger charge is 2.17. The number of nitrogens with zero attached hydrogens (tertiary/aromatic N) is 1. The van der Waals surface area contributed by atoms with Gasteiger partial charge in [-0.3, -0.25) is 4.79 Å². The molecule has 5 nitrogen and oxygen atoms in total. The number of rotatable bonds is 2. The molecule has 1 heterocycles. The van der Waals surface area contributed by atoms with Gasteiger partial charge in [-0.2, -0.15) is 5.26 Å². The summed E-state index contributed by atoms with van der Waals surface area (Å²) >= 11 is 0. The summed E-state index contributed by atoms with van der Waals surface area (Å²) in [6, 6.07) is 3.14. The molecule has 0 spiro atoms. The molecule has 0 aliphatic rings. The van der Waals surface area contributed by atoms with Crippen LogP contribution in [-0.4, -0.2) is 17.1 Å². The minimum Gasteiger partial charge on any atom is -0.459 e. The van der Waals surface area contributed by atoms with Gasteiger partial charge in [-0.05, 0) is 26.8 Å². The average molecular weight is 220 g/mol. The number of aromatic amines is 1. The summed E-state index contributed by atoms with van der Waals surface area (Å²) in [7, 11) is 0. The van der Waals surface area contributed by atoms with Crippen molar-refractivity contribution in [3.05, 3.63) is 33.2 Å². The molecule has 0 saturated heterocycles. The van der Waals surface area contributed by atoms with Crippen LogP contribution in [0.15, 0.2) is 10.9 Å². The maximum absolute atomic E-state index is 11.6. The molecule has 1 aromatic heterocycles. The minimum atomic E-state index is -0.652. The van der Waals surface area contributed by atoms with Crippen molar-refractivity contribution in [2.45, 2.75) is 26.9 Å². The molecule has 0 atom stereocenters. The Morgan fingerprint density at radius 3 is 2.69 bits per heavy atom. The highest BCUT2D eigenvalue weighted by Crippen LogP contribution is 2.07. The van der Waals surface area contributed by atoms with Crippen LogP contribution in [0.1, 0.15) is 35.5 Å². The van der Waals surface area contributed by atoms with E-state index in [2.05, 4.69) is 4.98 Å². The Labute approximate surface area is 92.7 Å². The molecule has 1 rings (SSSR count). The summed E-state index contributed by atoms with van der Waals surface area (Å²) in [6.07, 6.45) is -0.293. The van der Waals surface area contributed by atoms with E-state index < -0.39 is 11.5 Å². The molecule has 0 aromatic carbocycles. The lowest BCUT2D eigenvalue weighted by atomic mass is 10.1. The van der Waals surface area contributed by atoms with E-state index in [1.165, 1.54) is 6.07 Å². The first-order valence-electron chi connectivity index (χ1n) is 4.80. The quantitative estimate of drug-likeness (QED) is 0.757. The van der Waals surface area contributed by atoms with Crippen molar-refractivity contribution in [2.24, 2.45) is 0 Å². The van der Waals surface area contributed by atoms with Crippen LogP contribution >= 0.6 is 0 Å². The lowest BCUT2D eigenvalue weighted by Gasteiger charge is -2.08. The van der Waals surface area contributed by atoms with Gasteiger partial charge in [0.05, 0.1) is 11.7 Å². The lowest BCUT2D eigenvalue weighted by molar-refractivity contribution is 0.0377. The Kier molecular flexibility index (Phi) is 3.46. The largest absolute Gasteiger partial charge is 0.459 e. The first kappa shape index (κ1) is 12.0. The van der Waals surface area contributed by atoms with E-state index in [0.717, 1.165) is 0 Å². The second-order valence-corrected chi connectivity index (χ2v) is 3.64. The van der Waals surface area contributed by atoms with Gasteiger partial charge < -0.3 is 9.72 Å². The second kappa shape index (κ2) is 4.62. The van der Waals surface area contributed by atoms with Gasteiger partial charge >= 0.3 is 5.97 Å². The fourth-order valence-electron chi connectivity index (χ4n) is 1.24. The molecule has 0 amide bonds. The molecular weight excluding hydrogens is 208 g/mol. The van der Waals surface area contributed by atoms with Crippen LogP contribution in [0.3, 0.4) is 0 Å². The molecule has 0 aliphatic carbocycles. The number of carbonyl (C=O) groups excluding carboxylic acids is 1. The van der Waals surface area contributed by atoms with Gasteiger partial charge in [0.15, 0.2) is 0 Å². The number of H-pyrrole nitrogens is 1. The predicted molar refractivity (Wildman–Crippen MR) is 57.1 cm³/mol. The highest BCUT2D eigenvalue weighted by atomic mass is 16.5. The first-order valence-corrected chi connectivity index (χ1v) is 4.80. The number of pyridine rings is 1. The summed E-state index contributed by atoms with van der Waals surface area (Å²) in [5.74, 6) is -0.652. The maximum Gasteiger partial charge on any atom is 0.340 e. The maximum atomic E-state index is 11.6. The number of nitriles is 1. The van der Waals surface area contributed by atoms with Gasteiger partial charge in [-0.15, -0.1) is 0 Å². The fourth-order valence-corrected chi connectivity index (χ4v) is 1.24. The third-order valence-corrected chi connectivity index (χ3v) is 1.84. The summed E-state index contributed by atoms with van der Waals surface area (Å²) in [6.45, 7) is 5.03. The van der Waals surface area contributed by atoms with Gasteiger partial charge in [-0.25, -0.2) is 4.79 Å². The number of nitrogens with one attached hydrogen (secondary N) is 1. The number of hydrogen-bond acceptors (Lipinski definition) is 4. The van der Waals surface area contributed by atoms with Crippen LogP contribution in [0.5, 0.6) is 0 Å². The van der Waals surface area contributed by atoms with Crippen LogP contribution < -0.4 is 5.56 Å². The molecule has 5 heteroatoms. The number of hydrogen-bond donors (Lipinski definition) is 1. The predicted octanol–water partition coefficient (Wildman–Crippen LogP) is 1.12. The summed E-state index contributed by atoms with van der Waals surface area (Å²) in [5.41, 5.74) is -0.258. The Bertz CT molecular complexity index is 509. The normalized spacial score (nSPS) is 9.94. The van der Waals surface area contributed by atoms with Crippen molar-refractivity contribution in [2.75, 3.05) is 0 Å². The van der Waals surface area contributed by atoms with E-state index >= 15 is 0 Å². The van der Waals surface area contributed by atoms with Gasteiger partial charge in [0.2, 0.25) is 0 Å². The zero-order valence-electron chi connectivity index (χ0n) is 9.33. The molecule has 1 N–H and O–H groups in total. The molecule has 0 bridgehead atoms. The van der Waals surface area contributed by atoms with Crippen LogP contribution in [-0.2, 0) is 4.74 Å². The molecule has 1 aromatic rings. The van der Waals surface area contributed by atoms with E-state index in [4.69, 9.17) is 10.00 Å². The second-order valence-electron chi connectivity index (χ2n) is 3.64. The zero-order chi connectivity index (χ0) is 12.3. The van der Waals surface area contributed by atoms with Crippen LogP contribution in [0.4, 0.5) is 0 Å². The smallest absolute Gasteiger partial charge is 0.340 e. The number of carbonyl (C=O) groups is 1. The molecule has 84 valence electrons. The fraction of sp³-hybridized carbons (Fsp3) is 0.364. The van der Waals surface area contributed by atoms with Gasteiger partial charge in [0, 0.05) is 5.69 Å². The Morgan fingerprint density at radius 2 is 2.19 bits per heavy atom. The van der Waals surface area contributed by atoms with Crippen LogP contribution in [0.25, 0.3) is 0 Å². The van der Waals surface area contributed by atoms with E-state index in [0.29, 0.717) is 5.69 Å². The molecule has 0 unspecified atom stereocenters.